The van der Waals surface area contributed by atoms with Gasteiger partial charge >= 0.3 is 0 Å². The largest absolute Gasteiger partial charge is 0.127 e. The molecule has 0 saturated carbocycles. The molecule has 9 heavy (non-hydrogen) atoms. The molecule has 0 N–H and O–H groups in total. The number of hydrogen-bond acceptors (Lipinski definition) is 0. The summed E-state index contributed by atoms with van der Waals surface area (Å²) in [4.78, 5) is 0. The van der Waals surface area contributed by atoms with E-state index in [-0.39, 0.29) is 0 Å². The molecule has 0 heteroatoms. The van der Waals surface area contributed by atoms with Gasteiger partial charge in [-0.15, -0.1) is 18.1 Å². The van der Waals surface area contributed by atoms with E-state index < -0.39 is 0 Å². The van der Waals surface area contributed by atoms with E-state index >= 15 is 0 Å². The maximum atomic E-state index is 5.04. The van der Waals surface area contributed by atoms with E-state index in [2.05, 4.69) is 11.7 Å². The third-order valence-electron chi connectivity index (χ3n) is 0.824. The van der Waals surface area contributed by atoms with Crippen molar-refractivity contribution in [3.05, 3.63) is 17.4 Å². The smallest absolute Gasteiger partial charge is 0.0127 e. The Morgan fingerprint density at radius 2 is 2.22 bits per heavy atom. The molecule has 0 aliphatic carbocycles. The molecule has 0 saturated heterocycles. The van der Waals surface area contributed by atoms with Crippen LogP contribution in [-0.4, -0.2) is 0 Å². The van der Waals surface area contributed by atoms with Crippen LogP contribution in [0.3, 0.4) is 0 Å². The van der Waals surface area contributed by atoms with Gasteiger partial charge in [-0.25, -0.2) is 0 Å². The lowest BCUT2D eigenvalue weighted by Gasteiger charge is -1.78. The summed E-state index contributed by atoms with van der Waals surface area (Å²) in [6, 6.07) is 0. The molecule has 0 atom stereocenters. The lowest BCUT2D eigenvalue weighted by molar-refractivity contribution is 1.09. The number of hydrogen-bond donors (Lipinski definition) is 0. The van der Waals surface area contributed by atoms with E-state index in [4.69, 9.17) is 6.42 Å². The molecular formula is C9H12. The monoisotopic (exact) mass is 120 g/mol. The van der Waals surface area contributed by atoms with Crippen molar-refractivity contribution in [2.45, 2.75) is 26.7 Å². The van der Waals surface area contributed by atoms with Crippen LogP contribution in [0.2, 0.25) is 0 Å². The van der Waals surface area contributed by atoms with Crippen molar-refractivity contribution in [3.63, 3.8) is 0 Å². The van der Waals surface area contributed by atoms with E-state index in [1.807, 2.05) is 19.9 Å². The molecule has 0 aromatic heterocycles. The van der Waals surface area contributed by atoms with Gasteiger partial charge in [-0.3, -0.25) is 0 Å². The van der Waals surface area contributed by atoms with Crippen LogP contribution >= 0.6 is 0 Å². The molecule has 0 unspecified atom stereocenters. The normalized spacial score (nSPS) is 7.22. The first-order valence-electron chi connectivity index (χ1n) is 3.09. The summed E-state index contributed by atoms with van der Waals surface area (Å²) >= 11 is 0. The van der Waals surface area contributed by atoms with Crippen LogP contribution in [0.1, 0.15) is 26.7 Å². The zero-order chi connectivity index (χ0) is 7.11. The minimum atomic E-state index is 0.820. The molecule has 0 amide bonds. The van der Waals surface area contributed by atoms with E-state index in [1.54, 1.807) is 0 Å². The van der Waals surface area contributed by atoms with Crippen LogP contribution in [0.4, 0.5) is 0 Å². The predicted octanol–water partition coefficient (Wildman–Crippen LogP) is 2.52. The number of terminal acetylenes is 1. The maximum absolute atomic E-state index is 5.04. The van der Waals surface area contributed by atoms with E-state index in [0.29, 0.717) is 0 Å². The zero-order valence-corrected chi connectivity index (χ0v) is 6.07. The van der Waals surface area contributed by atoms with Crippen molar-refractivity contribution in [2.24, 2.45) is 0 Å². The highest BCUT2D eigenvalue weighted by Crippen LogP contribution is 1.89. The fourth-order valence-electron chi connectivity index (χ4n) is 0.432. The van der Waals surface area contributed by atoms with Gasteiger partial charge in [0.1, 0.15) is 0 Å². The minimum absolute atomic E-state index is 0.820. The van der Waals surface area contributed by atoms with E-state index in [9.17, 15) is 0 Å². The summed E-state index contributed by atoms with van der Waals surface area (Å²) < 4.78 is 0. The second-order valence-corrected chi connectivity index (χ2v) is 2.09. The van der Waals surface area contributed by atoms with Crippen molar-refractivity contribution in [2.75, 3.05) is 0 Å². The molecule has 48 valence electrons. The molecule has 0 nitrogen and oxygen atoms in total. The van der Waals surface area contributed by atoms with Crippen LogP contribution in [0, 0.1) is 12.3 Å². The molecule has 0 aromatic carbocycles. The lowest BCUT2D eigenvalue weighted by atomic mass is 10.3. The Kier molecular flexibility index (Phi) is 4.69. The average Bonchev–Trinajstić information content (AvgIpc) is 1.80. The second-order valence-electron chi connectivity index (χ2n) is 2.09. The predicted molar refractivity (Wildman–Crippen MR) is 41.0 cm³/mol. The highest BCUT2D eigenvalue weighted by Gasteiger charge is 1.71. The summed E-state index contributed by atoms with van der Waals surface area (Å²) in [5, 5.41) is 0. The fourth-order valence-corrected chi connectivity index (χ4v) is 0.432. The van der Waals surface area contributed by atoms with Crippen molar-refractivity contribution < 1.29 is 0 Å². The Morgan fingerprint density at radius 1 is 1.56 bits per heavy atom. The second kappa shape index (κ2) is 5.22. The highest BCUT2D eigenvalue weighted by molar-refractivity contribution is 4.96. The first-order valence-corrected chi connectivity index (χ1v) is 3.09. The molecule has 0 aliphatic heterocycles. The van der Waals surface area contributed by atoms with Crippen LogP contribution in [-0.2, 0) is 0 Å². The fraction of sp³-hybridized carbons (Fsp3) is 0.444. The van der Waals surface area contributed by atoms with Crippen LogP contribution in [0.25, 0.3) is 0 Å². The molecule has 0 spiro atoms. The van der Waals surface area contributed by atoms with Crippen molar-refractivity contribution in [3.8, 4) is 12.3 Å². The molecule has 0 bridgehead atoms. The summed E-state index contributed by atoms with van der Waals surface area (Å²) in [5.41, 5.74) is 4.28. The number of unbranched alkanes of at least 4 members (excludes halogenated alkanes) is 1. The van der Waals surface area contributed by atoms with Gasteiger partial charge in [0.15, 0.2) is 0 Å². The first kappa shape index (κ1) is 8.08. The zero-order valence-electron chi connectivity index (χ0n) is 6.07. The number of allylic oxidation sites excluding steroid dienone is 1. The Morgan fingerprint density at radius 3 is 2.67 bits per heavy atom. The third-order valence-corrected chi connectivity index (χ3v) is 0.824. The maximum Gasteiger partial charge on any atom is 0.0127 e. The molecule has 0 radical (unpaired) electrons. The van der Waals surface area contributed by atoms with Gasteiger partial charge in [-0.05, 0) is 31.9 Å². The van der Waals surface area contributed by atoms with E-state index in [1.165, 1.54) is 5.57 Å². The molecule has 0 aromatic rings. The first-order chi connectivity index (χ1) is 4.27. The third kappa shape index (κ3) is 7.08. The Balaban J connectivity index is 3.51. The molecule has 0 aliphatic rings. The lowest BCUT2D eigenvalue weighted by Crippen LogP contribution is -1.61. The standard InChI is InChI=1S/C9H12/c1-4-5-6-7-8-9(2)3/h1,7H,5-6H2,2-3H3. The quantitative estimate of drug-likeness (QED) is 0.298. The summed E-state index contributed by atoms with van der Waals surface area (Å²) in [7, 11) is 0. The number of rotatable bonds is 2. The van der Waals surface area contributed by atoms with Crippen molar-refractivity contribution in [1.29, 1.82) is 0 Å². The Hall–Kier alpha value is -0.920. The Labute approximate surface area is 57.3 Å². The average molecular weight is 120 g/mol. The van der Waals surface area contributed by atoms with E-state index in [0.717, 1.165) is 12.8 Å². The van der Waals surface area contributed by atoms with Gasteiger partial charge < -0.3 is 0 Å². The molecule has 0 fully saturated rings. The topological polar surface area (TPSA) is 0 Å². The van der Waals surface area contributed by atoms with Crippen LogP contribution < -0.4 is 0 Å². The van der Waals surface area contributed by atoms with Gasteiger partial charge in [0.2, 0.25) is 0 Å². The molecule has 0 heterocycles. The highest BCUT2D eigenvalue weighted by atomic mass is 13.8. The van der Waals surface area contributed by atoms with Gasteiger partial charge in [-0.1, -0.05) is 0 Å². The van der Waals surface area contributed by atoms with Crippen molar-refractivity contribution in [1.82, 2.24) is 0 Å². The summed E-state index contributed by atoms with van der Waals surface area (Å²) in [5.74, 6) is 2.56. The van der Waals surface area contributed by atoms with Gasteiger partial charge in [0.25, 0.3) is 0 Å². The van der Waals surface area contributed by atoms with Crippen LogP contribution in [0.15, 0.2) is 17.4 Å². The summed E-state index contributed by atoms with van der Waals surface area (Å²) in [6.07, 6.45) is 8.79. The van der Waals surface area contributed by atoms with Crippen molar-refractivity contribution >= 4 is 0 Å². The van der Waals surface area contributed by atoms with Gasteiger partial charge in [0.05, 0.1) is 0 Å². The SMILES string of the molecule is C#CCCC=C=C(C)C. The summed E-state index contributed by atoms with van der Waals surface area (Å²) in [6.45, 7) is 4.04. The minimum Gasteiger partial charge on any atom is -0.127 e. The molecular weight excluding hydrogens is 108 g/mol. The van der Waals surface area contributed by atoms with Gasteiger partial charge in [-0.2, -0.15) is 0 Å². The molecule has 0 rings (SSSR count). The Bertz CT molecular complexity index is 157. The van der Waals surface area contributed by atoms with Gasteiger partial charge in [0, 0.05) is 6.42 Å². The van der Waals surface area contributed by atoms with Crippen LogP contribution in [0.5, 0.6) is 0 Å².